The molecule has 0 spiro atoms. The first-order chi connectivity index (χ1) is 8.30. The predicted molar refractivity (Wildman–Crippen MR) is 67.8 cm³/mol. The van der Waals surface area contributed by atoms with Crippen LogP contribution >= 0.6 is 12.2 Å². The molecule has 1 aromatic heterocycles. The van der Waals surface area contributed by atoms with Gasteiger partial charge in [-0.1, -0.05) is 0 Å². The van der Waals surface area contributed by atoms with Gasteiger partial charge in [0, 0.05) is 5.54 Å². The summed E-state index contributed by atoms with van der Waals surface area (Å²) < 4.78 is 29.0. The predicted octanol–water partition coefficient (Wildman–Crippen LogP) is 3.64. The standard InChI is InChI=1S/C12H13F2N3S/c1-12(2,3)17-10(15-16-11(17)18)8-6-7(13)4-5-9(8)14/h4-6H,1-3H3,(H,16,18). The van der Waals surface area contributed by atoms with Crippen molar-refractivity contribution in [3.8, 4) is 11.4 Å². The largest absolute Gasteiger partial charge is 0.295 e. The Bertz CT molecular complexity index is 638. The highest BCUT2D eigenvalue weighted by molar-refractivity contribution is 7.71. The molecule has 0 fully saturated rings. The first-order valence-electron chi connectivity index (χ1n) is 5.44. The van der Waals surface area contributed by atoms with Crippen molar-refractivity contribution in [3.05, 3.63) is 34.6 Å². The molecular formula is C12H13F2N3S. The molecule has 1 N–H and O–H groups in total. The molecular weight excluding hydrogens is 256 g/mol. The zero-order valence-corrected chi connectivity index (χ0v) is 11.1. The van der Waals surface area contributed by atoms with E-state index in [1.165, 1.54) is 0 Å². The molecule has 2 aromatic rings. The Morgan fingerprint density at radius 3 is 2.56 bits per heavy atom. The topological polar surface area (TPSA) is 33.6 Å². The van der Waals surface area contributed by atoms with Gasteiger partial charge in [-0.2, -0.15) is 5.10 Å². The SMILES string of the molecule is CC(C)(C)n1c(-c2cc(F)ccc2F)n[nH]c1=S. The Kier molecular flexibility index (Phi) is 3.06. The Morgan fingerprint density at radius 1 is 1.28 bits per heavy atom. The van der Waals surface area contributed by atoms with Crippen molar-refractivity contribution >= 4 is 12.2 Å². The number of nitrogens with one attached hydrogen (secondary N) is 1. The fourth-order valence-electron chi connectivity index (χ4n) is 1.77. The second-order valence-electron chi connectivity index (χ2n) is 4.98. The number of H-pyrrole nitrogens is 1. The highest BCUT2D eigenvalue weighted by atomic mass is 32.1. The monoisotopic (exact) mass is 269 g/mol. The van der Waals surface area contributed by atoms with E-state index in [4.69, 9.17) is 12.2 Å². The first kappa shape index (κ1) is 12.9. The molecule has 3 nitrogen and oxygen atoms in total. The molecule has 0 aliphatic rings. The van der Waals surface area contributed by atoms with Gasteiger partial charge in [0.2, 0.25) is 0 Å². The molecule has 0 aliphatic carbocycles. The van der Waals surface area contributed by atoms with Gasteiger partial charge in [0.25, 0.3) is 0 Å². The lowest BCUT2D eigenvalue weighted by Gasteiger charge is -2.22. The van der Waals surface area contributed by atoms with E-state index in [2.05, 4.69) is 10.2 Å². The third kappa shape index (κ3) is 2.20. The van der Waals surface area contributed by atoms with Gasteiger partial charge in [0.1, 0.15) is 11.6 Å². The van der Waals surface area contributed by atoms with Crippen molar-refractivity contribution in [1.29, 1.82) is 0 Å². The van der Waals surface area contributed by atoms with Crippen molar-refractivity contribution in [3.63, 3.8) is 0 Å². The Hall–Kier alpha value is -1.56. The van der Waals surface area contributed by atoms with Crippen LogP contribution in [-0.2, 0) is 5.54 Å². The molecule has 0 unspecified atom stereocenters. The number of hydrogen-bond acceptors (Lipinski definition) is 2. The summed E-state index contributed by atoms with van der Waals surface area (Å²) in [4.78, 5) is 0. The van der Waals surface area contributed by atoms with E-state index in [1.807, 2.05) is 20.8 Å². The van der Waals surface area contributed by atoms with Crippen molar-refractivity contribution < 1.29 is 8.78 Å². The average Bonchev–Trinajstić information content (AvgIpc) is 2.63. The molecule has 0 saturated heterocycles. The summed E-state index contributed by atoms with van der Waals surface area (Å²) in [5.74, 6) is -0.749. The van der Waals surface area contributed by atoms with E-state index in [-0.39, 0.29) is 11.1 Å². The minimum absolute atomic E-state index is 0.0947. The molecule has 0 amide bonds. The summed E-state index contributed by atoms with van der Waals surface area (Å²) in [5, 5.41) is 6.61. The van der Waals surface area contributed by atoms with Crippen LogP contribution in [-0.4, -0.2) is 14.8 Å². The second kappa shape index (κ2) is 4.28. The zero-order chi connectivity index (χ0) is 13.5. The average molecular weight is 269 g/mol. The highest BCUT2D eigenvalue weighted by Gasteiger charge is 2.22. The maximum atomic E-state index is 13.8. The zero-order valence-electron chi connectivity index (χ0n) is 10.3. The van der Waals surface area contributed by atoms with Crippen LogP contribution in [0.25, 0.3) is 11.4 Å². The highest BCUT2D eigenvalue weighted by Crippen LogP contribution is 2.27. The third-order valence-corrected chi connectivity index (χ3v) is 2.79. The van der Waals surface area contributed by atoms with Gasteiger partial charge >= 0.3 is 0 Å². The van der Waals surface area contributed by atoms with Crippen molar-refractivity contribution in [1.82, 2.24) is 14.8 Å². The van der Waals surface area contributed by atoms with Crippen LogP contribution in [0, 0.1) is 16.4 Å². The van der Waals surface area contributed by atoms with Crippen LogP contribution in [0.4, 0.5) is 8.78 Å². The number of rotatable bonds is 1. The number of nitrogens with zero attached hydrogens (tertiary/aromatic N) is 2. The molecule has 1 aromatic carbocycles. The van der Waals surface area contributed by atoms with Gasteiger partial charge in [-0.05, 0) is 51.2 Å². The number of aromatic nitrogens is 3. The van der Waals surface area contributed by atoms with Crippen molar-refractivity contribution in [2.45, 2.75) is 26.3 Å². The van der Waals surface area contributed by atoms with E-state index < -0.39 is 11.6 Å². The Morgan fingerprint density at radius 2 is 1.94 bits per heavy atom. The number of aromatic amines is 1. The lowest BCUT2D eigenvalue weighted by molar-refractivity contribution is 0.394. The molecule has 18 heavy (non-hydrogen) atoms. The fourth-order valence-corrected chi connectivity index (χ4v) is 2.17. The van der Waals surface area contributed by atoms with Crippen molar-refractivity contribution in [2.75, 3.05) is 0 Å². The maximum Gasteiger partial charge on any atom is 0.195 e. The molecule has 1 heterocycles. The maximum absolute atomic E-state index is 13.8. The van der Waals surface area contributed by atoms with E-state index in [0.717, 1.165) is 18.2 Å². The summed E-state index contributed by atoms with van der Waals surface area (Å²) in [6.07, 6.45) is 0. The lowest BCUT2D eigenvalue weighted by Crippen LogP contribution is -2.23. The van der Waals surface area contributed by atoms with E-state index in [1.54, 1.807) is 4.57 Å². The van der Waals surface area contributed by atoms with Crippen LogP contribution in [0.2, 0.25) is 0 Å². The lowest BCUT2D eigenvalue weighted by atomic mass is 10.1. The fraction of sp³-hybridized carbons (Fsp3) is 0.333. The van der Waals surface area contributed by atoms with E-state index >= 15 is 0 Å². The quantitative estimate of drug-likeness (QED) is 0.802. The Labute approximate surface area is 108 Å². The summed E-state index contributed by atoms with van der Waals surface area (Å²) in [7, 11) is 0. The smallest absolute Gasteiger partial charge is 0.195 e. The molecule has 0 aliphatic heterocycles. The molecule has 6 heteroatoms. The molecule has 2 rings (SSSR count). The second-order valence-corrected chi connectivity index (χ2v) is 5.37. The summed E-state index contributed by atoms with van der Waals surface area (Å²) in [5.41, 5.74) is -0.282. The molecule has 0 atom stereocenters. The van der Waals surface area contributed by atoms with Crippen LogP contribution in [0.5, 0.6) is 0 Å². The van der Waals surface area contributed by atoms with Gasteiger partial charge in [0.15, 0.2) is 10.6 Å². The van der Waals surface area contributed by atoms with Crippen LogP contribution in [0.1, 0.15) is 20.8 Å². The molecule has 0 bridgehead atoms. The first-order valence-corrected chi connectivity index (χ1v) is 5.85. The minimum Gasteiger partial charge on any atom is -0.295 e. The van der Waals surface area contributed by atoms with Crippen LogP contribution in [0.15, 0.2) is 18.2 Å². The molecule has 96 valence electrons. The van der Waals surface area contributed by atoms with Gasteiger partial charge < -0.3 is 0 Å². The number of halogens is 2. The summed E-state index contributed by atoms with van der Waals surface area (Å²) >= 11 is 5.13. The number of benzene rings is 1. The minimum atomic E-state index is -0.532. The molecule has 0 saturated carbocycles. The van der Waals surface area contributed by atoms with Gasteiger partial charge in [-0.25, -0.2) is 8.78 Å². The van der Waals surface area contributed by atoms with Crippen molar-refractivity contribution in [2.24, 2.45) is 0 Å². The van der Waals surface area contributed by atoms with Crippen LogP contribution in [0.3, 0.4) is 0 Å². The van der Waals surface area contributed by atoms with Crippen LogP contribution < -0.4 is 0 Å². The normalized spacial score (nSPS) is 11.8. The van der Waals surface area contributed by atoms with Gasteiger partial charge in [-0.3, -0.25) is 9.67 Å². The third-order valence-electron chi connectivity index (χ3n) is 2.51. The van der Waals surface area contributed by atoms with Gasteiger partial charge in [-0.15, -0.1) is 0 Å². The van der Waals surface area contributed by atoms with E-state index in [0.29, 0.717) is 10.6 Å². The Balaban J connectivity index is 2.73. The van der Waals surface area contributed by atoms with Gasteiger partial charge in [0.05, 0.1) is 5.56 Å². The summed E-state index contributed by atoms with van der Waals surface area (Å²) in [6, 6.07) is 3.26. The molecule has 0 radical (unpaired) electrons. The van der Waals surface area contributed by atoms with E-state index in [9.17, 15) is 8.78 Å². The number of hydrogen-bond donors (Lipinski definition) is 1. The summed E-state index contributed by atoms with van der Waals surface area (Å²) in [6.45, 7) is 5.75.